The second-order valence-electron chi connectivity index (χ2n) is 8.31. The second kappa shape index (κ2) is 10.8. The van der Waals surface area contributed by atoms with Gasteiger partial charge in [0.05, 0.1) is 12.6 Å². The zero-order valence-corrected chi connectivity index (χ0v) is 20.1. The summed E-state index contributed by atoms with van der Waals surface area (Å²) in [7, 11) is 1.47. The molecule has 1 aliphatic heterocycles. The van der Waals surface area contributed by atoms with Crippen molar-refractivity contribution in [3.05, 3.63) is 17.5 Å². The van der Waals surface area contributed by atoms with Gasteiger partial charge in [-0.3, -0.25) is 4.68 Å². The summed E-state index contributed by atoms with van der Waals surface area (Å²) < 4.78 is 46.5. The zero-order chi connectivity index (χ0) is 20.9. The van der Waals surface area contributed by atoms with Gasteiger partial charge in [-0.25, -0.2) is 4.99 Å². The third-order valence-electron chi connectivity index (χ3n) is 4.75. The van der Waals surface area contributed by atoms with E-state index in [1.54, 1.807) is 0 Å². The molecule has 1 saturated heterocycles. The molecule has 0 aliphatic carbocycles. The lowest BCUT2D eigenvalue weighted by Gasteiger charge is -2.40. The number of hydrogen-bond donors (Lipinski definition) is 2. The van der Waals surface area contributed by atoms with Crippen LogP contribution < -0.4 is 10.6 Å². The van der Waals surface area contributed by atoms with Crippen LogP contribution in [-0.4, -0.2) is 41.5 Å². The molecule has 0 radical (unpaired) electrons. The maximum Gasteiger partial charge on any atom is 0.435 e. The lowest BCUT2D eigenvalue weighted by Crippen LogP contribution is -2.47. The lowest BCUT2D eigenvalue weighted by molar-refractivity contribution is -0.142. The van der Waals surface area contributed by atoms with Gasteiger partial charge < -0.3 is 15.4 Å². The van der Waals surface area contributed by atoms with Gasteiger partial charge in [-0.2, -0.15) is 18.3 Å². The van der Waals surface area contributed by atoms with Crippen molar-refractivity contribution in [2.24, 2.45) is 23.4 Å². The van der Waals surface area contributed by atoms with Crippen molar-refractivity contribution in [3.8, 4) is 0 Å². The predicted molar refractivity (Wildman–Crippen MR) is 118 cm³/mol. The third kappa shape index (κ3) is 7.62. The number of ether oxygens (including phenoxy) is 1. The summed E-state index contributed by atoms with van der Waals surface area (Å²) in [4.78, 5) is 4.34. The van der Waals surface area contributed by atoms with Crippen molar-refractivity contribution >= 4 is 29.9 Å². The van der Waals surface area contributed by atoms with Crippen LogP contribution in [0.25, 0.3) is 0 Å². The Bertz CT molecular complexity index is 670. The van der Waals surface area contributed by atoms with Crippen LogP contribution in [0, 0.1) is 11.3 Å². The van der Waals surface area contributed by atoms with Gasteiger partial charge in [0.2, 0.25) is 0 Å². The van der Waals surface area contributed by atoms with E-state index in [-0.39, 0.29) is 47.6 Å². The maximum atomic E-state index is 13.1. The predicted octanol–water partition coefficient (Wildman–Crippen LogP) is 3.95. The number of guanidine groups is 1. The first kappa shape index (κ1) is 26.0. The Morgan fingerprint density at radius 2 is 2.00 bits per heavy atom. The van der Waals surface area contributed by atoms with Crippen molar-refractivity contribution in [2.75, 3.05) is 19.7 Å². The van der Waals surface area contributed by atoms with Crippen LogP contribution in [0.15, 0.2) is 11.2 Å². The molecule has 2 unspecified atom stereocenters. The molecule has 0 aromatic carbocycles. The highest BCUT2D eigenvalue weighted by atomic mass is 127. The number of halogens is 4. The first-order valence-corrected chi connectivity index (χ1v) is 9.76. The van der Waals surface area contributed by atoms with Crippen LogP contribution >= 0.6 is 24.0 Å². The molecular weight excluding hydrogens is 498 g/mol. The molecule has 10 heteroatoms. The van der Waals surface area contributed by atoms with E-state index >= 15 is 0 Å². The van der Waals surface area contributed by atoms with Crippen LogP contribution in [0.1, 0.15) is 51.8 Å². The number of rotatable bonds is 5. The summed E-state index contributed by atoms with van der Waals surface area (Å²) in [6.45, 7) is 10.4. The average Bonchev–Trinajstić information content (AvgIpc) is 2.98. The Kier molecular flexibility index (Phi) is 9.71. The van der Waals surface area contributed by atoms with Gasteiger partial charge in [-0.1, -0.05) is 20.8 Å². The zero-order valence-electron chi connectivity index (χ0n) is 17.8. The van der Waals surface area contributed by atoms with E-state index in [1.165, 1.54) is 17.9 Å². The smallest absolute Gasteiger partial charge is 0.377 e. The van der Waals surface area contributed by atoms with E-state index in [4.69, 9.17) is 4.74 Å². The number of hydrogen-bond acceptors (Lipinski definition) is 3. The molecule has 29 heavy (non-hydrogen) atoms. The van der Waals surface area contributed by atoms with E-state index in [1.807, 2.05) is 6.92 Å². The molecule has 1 fully saturated rings. The van der Waals surface area contributed by atoms with E-state index in [9.17, 15) is 13.2 Å². The SMILES string of the molecule is CCNC(=NCc1cn(C)nc1C(F)(F)F)NCC1CCCOC1C(C)(C)C.I. The minimum absolute atomic E-state index is 0. The summed E-state index contributed by atoms with van der Waals surface area (Å²) in [5.74, 6) is 0.819. The van der Waals surface area contributed by atoms with Gasteiger partial charge >= 0.3 is 6.18 Å². The highest BCUT2D eigenvalue weighted by molar-refractivity contribution is 14.0. The van der Waals surface area contributed by atoms with Crippen molar-refractivity contribution in [1.82, 2.24) is 20.4 Å². The standard InChI is InChI=1S/C19H32F3N5O.HI/c1-6-23-17(24-10-13-8-7-9-28-16(13)18(2,3)4)25-11-14-12-27(5)26-15(14)19(20,21)22;/h12-13,16H,6-11H2,1-5H3,(H2,23,24,25);1H. The first-order chi connectivity index (χ1) is 13.0. The number of alkyl halides is 3. The molecule has 1 aromatic rings. The van der Waals surface area contributed by atoms with Gasteiger partial charge in [0.1, 0.15) is 0 Å². The van der Waals surface area contributed by atoms with Crippen LogP contribution in [0.5, 0.6) is 0 Å². The van der Waals surface area contributed by atoms with Crippen LogP contribution in [-0.2, 0) is 24.5 Å². The number of nitrogens with one attached hydrogen (secondary N) is 2. The van der Waals surface area contributed by atoms with Crippen molar-refractivity contribution < 1.29 is 17.9 Å². The Morgan fingerprint density at radius 3 is 2.59 bits per heavy atom. The van der Waals surface area contributed by atoms with E-state index < -0.39 is 11.9 Å². The molecule has 6 nitrogen and oxygen atoms in total. The second-order valence-corrected chi connectivity index (χ2v) is 8.31. The molecule has 1 aromatic heterocycles. The molecule has 2 heterocycles. The molecule has 0 bridgehead atoms. The van der Waals surface area contributed by atoms with Gasteiger partial charge in [-0.05, 0) is 25.2 Å². The van der Waals surface area contributed by atoms with Crippen molar-refractivity contribution in [1.29, 1.82) is 0 Å². The highest BCUT2D eigenvalue weighted by Gasteiger charge is 2.37. The maximum absolute atomic E-state index is 13.1. The third-order valence-corrected chi connectivity index (χ3v) is 4.75. The lowest BCUT2D eigenvalue weighted by atomic mass is 9.78. The van der Waals surface area contributed by atoms with Gasteiger partial charge in [-0.15, -0.1) is 24.0 Å². The van der Waals surface area contributed by atoms with Gasteiger partial charge in [0.15, 0.2) is 11.7 Å². The topological polar surface area (TPSA) is 63.5 Å². The Hall–Kier alpha value is -1.04. The minimum Gasteiger partial charge on any atom is -0.377 e. The molecule has 0 spiro atoms. The number of aryl methyl sites for hydroxylation is 1. The van der Waals surface area contributed by atoms with Crippen LogP contribution in [0.2, 0.25) is 0 Å². The first-order valence-electron chi connectivity index (χ1n) is 9.76. The Morgan fingerprint density at radius 1 is 1.31 bits per heavy atom. The van der Waals surface area contributed by atoms with E-state index in [0.717, 1.165) is 19.4 Å². The quantitative estimate of drug-likeness (QED) is 0.343. The largest absolute Gasteiger partial charge is 0.435 e. The summed E-state index contributed by atoms with van der Waals surface area (Å²) in [5.41, 5.74) is -0.802. The monoisotopic (exact) mass is 531 g/mol. The van der Waals surface area contributed by atoms with Crippen LogP contribution in [0.3, 0.4) is 0 Å². The number of aliphatic imine (C=N–C) groups is 1. The molecule has 2 N–H and O–H groups in total. The van der Waals surface area contributed by atoms with Gasteiger partial charge in [0, 0.05) is 44.4 Å². The van der Waals surface area contributed by atoms with Crippen molar-refractivity contribution in [3.63, 3.8) is 0 Å². The summed E-state index contributed by atoms with van der Waals surface area (Å²) in [6.07, 6.45) is -0.934. The molecule has 2 rings (SSSR count). The van der Waals surface area contributed by atoms with Gasteiger partial charge in [0.25, 0.3) is 0 Å². The molecule has 0 saturated carbocycles. The number of nitrogens with zero attached hydrogens (tertiary/aromatic N) is 3. The molecule has 2 atom stereocenters. The molecule has 1 aliphatic rings. The van der Waals surface area contributed by atoms with Crippen LogP contribution in [0.4, 0.5) is 13.2 Å². The molecular formula is C19H33F3IN5O. The fourth-order valence-corrected chi connectivity index (χ4v) is 3.64. The van der Waals surface area contributed by atoms with E-state index in [0.29, 0.717) is 25.0 Å². The minimum atomic E-state index is -4.49. The highest BCUT2D eigenvalue weighted by Crippen LogP contribution is 2.34. The number of aromatic nitrogens is 2. The fraction of sp³-hybridized carbons (Fsp3) is 0.789. The Balaban J connectivity index is 0.00000420. The van der Waals surface area contributed by atoms with E-state index in [2.05, 4.69) is 41.5 Å². The summed E-state index contributed by atoms with van der Waals surface area (Å²) in [6, 6.07) is 0. The Labute approximate surface area is 188 Å². The fourth-order valence-electron chi connectivity index (χ4n) is 3.64. The molecule has 0 amide bonds. The summed E-state index contributed by atoms with van der Waals surface area (Å²) >= 11 is 0. The van der Waals surface area contributed by atoms with Crippen molar-refractivity contribution in [2.45, 2.75) is 59.4 Å². The molecule has 168 valence electrons. The average molecular weight is 531 g/mol. The normalized spacial score (nSPS) is 20.9. The summed E-state index contributed by atoms with van der Waals surface area (Å²) in [5, 5.41) is 9.91.